The molecule has 2 atom stereocenters. The van der Waals surface area contributed by atoms with Crippen molar-refractivity contribution in [2.75, 3.05) is 36.8 Å². The normalized spacial score (nSPS) is 17.1. The van der Waals surface area contributed by atoms with E-state index in [2.05, 4.69) is 35.9 Å². The van der Waals surface area contributed by atoms with E-state index in [4.69, 9.17) is 5.73 Å². The third kappa shape index (κ3) is 6.54. The van der Waals surface area contributed by atoms with Crippen LogP contribution >= 0.6 is 0 Å². The van der Waals surface area contributed by atoms with E-state index in [1.54, 1.807) is 30.3 Å². The van der Waals surface area contributed by atoms with Crippen LogP contribution in [0.4, 0.5) is 11.4 Å². The summed E-state index contributed by atoms with van der Waals surface area (Å²) in [6.07, 6.45) is 0.502. The van der Waals surface area contributed by atoms with Gasteiger partial charge in [-0.15, -0.1) is 0 Å². The lowest BCUT2D eigenvalue weighted by molar-refractivity contribution is 0.0903. The number of nitrogens with one attached hydrogen (secondary N) is 1. The first-order valence-electron chi connectivity index (χ1n) is 13.0. The molecule has 196 valence electrons. The Bertz CT molecular complexity index is 1230. The third-order valence-electron chi connectivity index (χ3n) is 7.23. The number of nitrogens with zero attached hydrogens (tertiary/aromatic N) is 2. The first-order valence-corrected chi connectivity index (χ1v) is 13.0. The number of para-hydroxylation sites is 1. The smallest absolute Gasteiger partial charge is 0.251 e. The minimum Gasteiger partial charge on any atom is -0.508 e. The summed E-state index contributed by atoms with van der Waals surface area (Å²) in [6.45, 7) is 9.83. The summed E-state index contributed by atoms with van der Waals surface area (Å²) in [4.78, 5) is 17.9. The molecule has 0 spiro atoms. The fraction of sp³-hybridized carbons (Fsp3) is 0.367. The lowest BCUT2D eigenvalue weighted by atomic mass is 9.99. The van der Waals surface area contributed by atoms with Crippen LogP contribution in [0.5, 0.6) is 11.5 Å². The molecule has 1 fully saturated rings. The van der Waals surface area contributed by atoms with Crippen LogP contribution in [-0.2, 0) is 6.42 Å². The summed E-state index contributed by atoms with van der Waals surface area (Å²) in [7, 11) is 0. The molecule has 1 saturated heterocycles. The van der Waals surface area contributed by atoms with Crippen LogP contribution in [0.3, 0.4) is 0 Å². The van der Waals surface area contributed by atoms with Gasteiger partial charge in [-0.2, -0.15) is 0 Å². The highest BCUT2D eigenvalue weighted by molar-refractivity contribution is 5.95. The number of hydrogen-bond donors (Lipinski definition) is 4. The Kier molecular flexibility index (Phi) is 8.24. The van der Waals surface area contributed by atoms with Gasteiger partial charge in [0.05, 0.1) is 0 Å². The molecule has 0 radical (unpaired) electrons. The van der Waals surface area contributed by atoms with E-state index in [0.717, 1.165) is 43.0 Å². The lowest BCUT2D eigenvalue weighted by Crippen LogP contribution is -2.56. The van der Waals surface area contributed by atoms with E-state index in [0.29, 0.717) is 17.7 Å². The summed E-state index contributed by atoms with van der Waals surface area (Å²) < 4.78 is 0. The predicted octanol–water partition coefficient (Wildman–Crippen LogP) is 4.24. The van der Waals surface area contributed by atoms with Crippen LogP contribution < -0.4 is 16.0 Å². The van der Waals surface area contributed by atoms with E-state index in [9.17, 15) is 15.0 Å². The first-order chi connectivity index (χ1) is 17.7. The van der Waals surface area contributed by atoms with E-state index in [1.165, 1.54) is 0 Å². The van der Waals surface area contributed by atoms with Crippen LogP contribution in [0.2, 0.25) is 0 Å². The number of amides is 1. The van der Waals surface area contributed by atoms with Gasteiger partial charge in [0.1, 0.15) is 11.5 Å². The lowest BCUT2D eigenvalue weighted by Gasteiger charge is -2.42. The van der Waals surface area contributed by atoms with Crippen molar-refractivity contribution < 1.29 is 15.0 Å². The Hall–Kier alpha value is -3.71. The van der Waals surface area contributed by atoms with Gasteiger partial charge in [-0.1, -0.05) is 44.2 Å². The number of hydrogen-bond acceptors (Lipinski definition) is 6. The number of rotatable bonds is 8. The number of nitrogen functional groups attached to an aromatic ring is 1. The standard InChI is InChI=1S/C30H38N4O3/c1-20(2)28(19-33-13-14-34(21(3)18-33)25-8-6-9-26(35)17-25)32-30(37)24-12-11-22(27(31)16-24)15-23-7-4-5-10-29(23)36/h4-12,16-17,20-21,28,35-36H,13-15,18-19,31H2,1-3H3,(H,32,37)/t21-,28+/m0/s1. The zero-order chi connectivity index (χ0) is 26.5. The predicted molar refractivity (Wildman–Crippen MR) is 149 cm³/mol. The fourth-order valence-electron chi connectivity index (χ4n) is 4.97. The van der Waals surface area contributed by atoms with E-state index in [1.807, 2.05) is 36.4 Å². The van der Waals surface area contributed by atoms with Gasteiger partial charge in [-0.05, 0) is 54.3 Å². The van der Waals surface area contributed by atoms with Gasteiger partial charge in [0, 0.05) is 67.7 Å². The molecule has 1 aliphatic heterocycles. The summed E-state index contributed by atoms with van der Waals surface area (Å²) in [5.74, 6) is 0.647. The zero-order valence-corrected chi connectivity index (χ0v) is 21.9. The van der Waals surface area contributed by atoms with Crippen LogP contribution in [0.25, 0.3) is 0 Å². The van der Waals surface area contributed by atoms with Crippen molar-refractivity contribution in [1.82, 2.24) is 10.2 Å². The number of nitrogens with two attached hydrogens (primary N) is 1. The van der Waals surface area contributed by atoms with Crippen molar-refractivity contribution in [3.63, 3.8) is 0 Å². The highest BCUT2D eigenvalue weighted by Gasteiger charge is 2.27. The molecular weight excluding hydrogens is 464 g/mol. The molecule has 0 aromatic heterocycles. The summed E-state index contributed by atoms with van der Waals surface area (Å²) >= 11 is 0. The van der Waals surface area contributed by atoms with Gasteiger partial charge < -0.3 is 26.2 Å². The highest BCUT2D eigenvalue weighted by atomic mass is 16.3. The summed E-state index contributed by atoms with van der Waals surface area (Å²) in [5, 5.41) is 23.2. The number of phenols is 2. The molecular formula is C30H38N4O3. The summed E-state index contributed by atoms with van der Waals surface area (Å²) in [6, 6.07) is 20.3. The number of piperazine rings is 1. The van der Waals surface area contributed by atoms with E-state index in [-0.39, 0.29) is 35.4 Å². The Labute approximate surface area is 219 Å². The van der Waals surface area contributed by atoms with Crippen molar-refractivity contribution in [3.05, 3.63) is 83.4 Å². The molecule has 0 bridgehead atoms. The molecule has 7 heteroatoms. The monoisotopic (exact) mass is 502 g/mol. The molecule has 0 unspecified atom stereocenters. The number of phenolic OH excluding ortho intramolecular Hbond substituents is 2. The van der Waals surface area contributed by atoms with Crippen LogP contribution in [0.15, 0.2) is 66.7 Å². The minimum absolute atomic E-state index is 0.00538. The molecule has 37 heavy (non-hydrogen) atoms. The number of carbonyl (C=O) groups is 1. The Morgan fingerprint density at radius 1 is 1.03 bits per heavy atom. The average molecular weight is 503 g/mol. The largest absolute Gasteiger partial charge is 0.508 e. The Morgan fingerprint density at radius 3 is 2.49 bits per heavy atom. The maximum atomic E-state index is 13.2. The molecule has 4 rings (SSSR count). The molecule has 1 amide bonds. The Morgan fingerprint density at radius 2 is 1.81 bits per heavy atom. The van der Waals surface area contributed by atoms with Gasteiger partial charge >= 0.3 is 0 Å². The number of benzene rings is 3. The first kappa shape index (κ1) is 26.4. The van der Waals surface area contributed by atoms with Crippen LogP contribution in [0.1, 0.15) is 42.3 Å². The molecule has 1 heterocycles. The highest BCUT2D eigenvalue weighted by Crippen LogP contribution is 2.26. The minimum atomic E-state index is -0.133. The zero-order valence-electron chi connectivity index (χ0n) is 21.9. The van der Waals surface area contributed by atoms with Crippen LogP contribution in [0, 0.1) is 5.92 Å². The number of anilines is 2. The van der Waals surface area contributed by atoms with E-state index < -0.39 is 0 Å². The second kappa shape index (κ2) is 11.6. The van der Waals surface area contributed by atoms with Gasteiger partial charge in [-0.25, -0.2) is 0 Å². The second-order valence-electron chi connectivity index (χ2n) is 10.4. The molecule has 0 saturated carbocycles. The molecule has 3 aromatic rings. The third-order valence-corrected chi connectivity index (χ3v) is 7.23. The van der Waals surface area contributed by atoms with Crippen molar-refractivity contribution in [2.45, 2.75) is 39.3 Å². The van der Waals surface area contributed by atoms with Gasteiger partial charge in [0.25, 0.3) is 5.91 Å². The number of carbonyl (C=O) groups excluding carboxylic acids is 1. The second-order valence-corrected chi connectivity index (χ2v) is 10.4. The van der Waals surface area contributed by atoms with Crippen molar-refractivity contribution in [2.24, 2.45) is 5.92 Å². The van der Waals surface area contributed by atoms with Crippen molar-refractivity contribution >= 4 is 17.3 Å². The molecule has 3 aromatic carbocycles. The fourth-order valence-corrected chi connectivity index (χ4v) is 4.97. The molecule has 5 N–H and O–H groups in total. The van der Waals surface area contributed by atoms with Gasteiger partial charge in [0.15, 0.2) is 0 Å². The van der Waals surface area contributed by atoms with Gasteiger partial charge in [-0.3, -0.25) is 9.69 Å². The topological polar surface area (TPSA) is 102 Å². The number of aromatic hydroxyl groups is 2. The van der Waals surface area contributed by atoms with Gasteiger partial charge in [0.2, 0.25) is 0 Å². The SMILES string of the molecule is CC(C)[C@@H](CN1CCN(c2cccc(O)c2)[C@@H](C)C1)NC(=O)c1ccc(Cc2ccccc2O)c(N)c1. The van der Waals surface area contributed by atoms with Crippen LogP contribution in [-0.4, -0.2) is 59.3 Å². The molecule has 7 nitrogen and oxygen atoms in total. The average Bonchev–Trinajstić information content (AvgIpc) is 2.86. The quantitative estimate of drug-likeness (QED) is 0.344. The van der Waals surface area contributed by atoms with E-state index >= 15 is 0 Å². The molecule has 1 aliphatic rings. The maximum Gasteiger partial charge on any atom is 0.251 e. The Balaban J connectivity index is 1.37. The summed E-state index contributed by atoms with van der Waals surface area (Å²) in [5.41, 5.74) is 10.1. The molecule has 0 aliphatic carbocycles. The maximum absolute atomic E-state index is 13.2. The van der Waals surface area contributed by atoms with Crippen molar-refractivity contribution in [1.29, 1.82) is 0 Å². The van der Waals surface area contributed by atoms with Crippen molar-refractivity contribution in [3.8, 4) is 11.5 Å².